The maximum Gasteiger partial charge on any atom is 0.374 e. The number of hydrogen-bond donors (Lipinski definition) is 2. The SMILES string of the molecule is C=C(O/N=C(\N)Cc1ccccc1)C(=O)O. The van der Waals surface area contributed by atoms with E-state index >= 15 is 0 Å². The Hall–Kier alpha value is -2.30. The Bertz CT molecular complexity index is 412. The highest BCUT2D eigenvalue weighted by molar-refractivity contribution is 5.84. The molecule has 0 aromatic heterocycles. The maximum absolute atomic E-state index is 10.3. The average Bonchev–Trinajstić information content (AvgIpc) is 2.27. The van der Waals surface area contributed by atoms with E-state index in [2.05, 4.69) is 16.6 Å². The number of carbonyl (C=O) groups is 1. The molecule has 0 spiro atoms. The van der Waals surface area contributed by atoms with E-state index in [9.17, 15) is 4.79 Å². The first-order valence-electron chi connectivity index (χ1n) is 4.55. The third-order valence-corrected chi connectivity index (χ3v) is 1.74. The summed E-state index contributed by atoms with van der Waals surface area (Å²) in [7, 11) is 0. The highest BCUT2D eigenvalue weighted by atomic mass is 16.6. The third-order valence-electron chi connectivity index (χ3n) is 1.74. The number of carboxylic acids is 1. The number of amidine groups is 1. The third kappa shape index (κ3) is 3.83. The molecule has 0 saturated carbocycles. The first kappa shape index (κ1) is 11.8. The summed E-state index contributed by atoms with van der Waals surface area (Å²) in [6.45, 7) is 3.15. The van der Waals surface area contributed by atoms with Crippen LogP contribution < -0.4 is 5.73 Å². The van der Waals surface area contributed by atoms with Crippen LogP contribution in [-0.2, 0) is 16.1 Å². The number of rotatable bonds is 5. The number of aliphatic carboxylic acids is 1. The van der Waals surface area contributed by atoms with Crippen molar-refractivity contribution in [1.82, 2.24) is 0 Å². The van der Waals surface area contributed by atoms with Crippen LogP contribution in [0.5, 0.6) is 0 Å². The van der Waals surface area contributed by atoms with Gasteiger partial charge in [0.05, 0.1) is 0 Å². The summed E-state index contributed by atoms with van der Waals surface area (Å²) in [5.41, 5.74) is 6.51. The smallest absolute Gasteiger partial charge is 0.374 e. The summed E-state index contributed by atoms with van der Waals surface area (Å²) in [5, 5.41) is 11.9. The van der Waals surface area contributed by atoms with Gasteiger partial charge in [-0.25, -0.2) is 4.79 Å². The van der Waals surface area contributed by atoms with E-state index in [1.54, 1.807) is 0 Å². The van der Waals surface area contributed by atoms with Crippen LogP contribution in [-0.4, -0.2) is 16.9 Å². The Morgan fingerprint density at radius 1 is 1.44 bits per heavy atom. The fourth-order valence-electron chi connectivity index (χ4n) is 0.990. The normalized spacial score (nSPS) is 10.9. The van der Waals surface area contributed by atoms with Gasteiger partial charge in [0.25, 0.3) is 0 Å². The van der Waals surface area contributed by atoms with Gasteiger partial charge in [-0.1, -0.05) is 35.5 Å². The Balaban J connectivity index is 2.53. The van der Waals surface area contributed by atoms with Crippen molar-refractivity contribution >= 4 is 11.8 Å². The summed E-state index contributed by atoms with van der Waals surface area (Å²) >= 11 is 0. The minimum Gasteiger partial charge on any atom is -0.475 e. The molecule has 0 heterocycles. The van der Waals surface area contributed by atoms with Crippen molar-refractivity contribution in [3.05, 3.63) is 48.2 Å². The van der Waals surface area contributed by atoms with E-state index in [4.69, 9.17) is 10.8 Å². The Morgan fingerprint density at radius 3 is 2.62 bits per heavy atom. The van der Waals surface area contributed by atoms with Gasteiger partial charge < -0.3 is 15.7 Å². The first-order chi connectivity index (χ1) is 7.59. The van der Waals surface area contributed by atoms with Gasteiger partial charge in [0, 0.05) is 6.42 Å². The van der Waals surface area contributed by atoms with Crippen molar-refractivity contribution in [2.24, 2.45) is 10.9 Å². The molecule has 5 heteroatoms. The number of hydrogen-bond acceptors (Lipinski definition) is 3. The molecule has 0 fully saturated rings. The molecule has 1 rings (SSSR count). The second-order valence-electron chi connectivity index (χ2n) is 3.06. The van der Waals surface area contributed by atoms with Crippen molar-refractivity contribution in [2.75, 3.05) is 0 Å². The highest BCUT2D eigenvalue weighted by Crippen LogP contribution is 2.00. The molecule has 5 nitrogen and oxygen atoms in total. The predicted octanol–water partition coefficient (Wildman–Crippen LogP) is 1.12. The number of nitrogens with two attached hydrogens (primary N) is 1. The number of nitrogens with zero attached hydrogens (tertiary/aromatic N) is 1. The first-order valence-corrected chi connectivity index (χ1v) is 4.55. The summed E-state index contributed by atoms with van der Waals surface area (Å²) < 4.78 is 0. The molecular formula is C11H12N2O3. The number of carboxylic acid groups (broad SMARTS) is 1. The molecule has 0 unspecified atom stereocenters. The summed E-state index contributed by atoms with van der Waals surface area (Å²) in [6, 6.07) is 9.40. The summed E-state index contributed by atoms with van der Waals surface area (Å²) in [6.07, 6.45) is 0.397. The molecule has 0 aliphatic rings. The van der Waals surface area contributed by atoms with Crippen LogP contribution in [0.1, 0.15) is 5.56 Å². The van der Waals surface area contributed by atoms with Crippen LogP contribution in [0.25, 0.3) is 0 Å². The standard InChI is InChI=1S/C11H12N2O3/c1-8(11(14)15)16-13-10(12)7-9-5-3-2-4-6-9/h2-6H,1,7H2,(H2,12,13)(H,14,15). The summed E-state index contributed by atoms with van der Waals surface area (Å²) in [5.74, 6) is -1.54. The van der Waals surface area contributed by atoms with Crippen molar-refractivity contribution in [1.29, 1.82) is 0 Å². The van der Waals surface area contributed by atoms with E-state index in [-0.39, 0.29) is 5.84 Å². The Kier molecular flexibility index (Phi) is 4.08. The molecule has 1 aromatic rings. The lowest BCUT2D eigenvalue weighted by Crippen LogP contribution is -2.16. The van der Waals surface area contributed by atoms with Gasteiger partial charge in [-0.15, -0.1) is 0 Å². The van der Waals surface area contributed by atoms with Crippen LogP contribution >= 0.6 is 0 Å². The van der Waals surface area contributed by atoms with Gasteiger partial charge in [-0.2, -0.15) is 0 Å². The molecule has 16 heavy (non-hydrogen) atoms. The fourth-order valence-corrected chi connectivity index (χ4v) is 0.990. The van der Waals surface area contributed by atoms with Crippen molar-refractivity contribution in [3.63, 3.8) is 0 Å². The van der Waals surface area contributed by atoms with Crippen LogP contribution in [0, 0.1) is 0 Å². The van der Waals surface area contributed by atoms with Crippen LogP contribution in [0.2, 0.25) is 0 Å². The van der Waals surface area contributed by atoms with E-state index < -0.39 is 11.7 Å². The van der Waals surface area contributed by atoms with Crippen molar-refractivity contribution in [2.45, 2.75) is 6.42 Å². The zero-order chi connectivity index (χ0) is 12.0. The van der Waals surface area contributed by atoms with Crippen LogP contribution in [0.3, 0.4) is 0 Å². The molecule has 0 aliphatic heterocycles. The minimum atomic E-state index is -1.27. The van der Waals surface area contributed by atoms with Gasteiger partial charge in [-0.05, 0) is 12.1 Å². The van der Waals surface area contributed by atoms with E-state index in [1.807, 2.05) is 30.3 Å². The van der Waals surface area contributed by atoms with Crippen LogP contribution in [0.4, 0.5) is 0 Å². The van der Waals surface area contributed by atoms with Gasteiger partial charge >= 0.3 is 5.97 Å². The lowest BCUT2D eigenvalue weighted by molar-refractivity contribution is -0.136. The molecular weight excluding hydrogens is 208 g/mol. The molecule has 0 atom stereocenters. The van der Waals surface area contributed by atoms with E-state index in [1.165, 1.54) is 0 Å². The van der Waals surface area contributed by atoms with Crippen LogP contribution in [0.15, 0.2) is 47.8 Å². The second-order valence-corrected chi connectivity index (χ2v) is 3.06. The second kappa shape index (κ2) is 5.55. The van der Waals surface area contributed by atoms with E-state index in [0.29, 0.717) is 6.42 Å². The van der Waals surface area contributed by atoms with Gasteiger partial charge in [0.1, 0.15) is 5.84 Å². The van der Waals surface area contributed by atoms with Crippen molar-refractivity contribution < 1.29 is 14.7 Å². The quantitative estimate of drug-likeness (QED) is 0.256. The molecule has 0 amide bonds. The monoisotopic (exact) mass is 220 g/mol. The van der Waals surface area contributed by atoms with Gasteiger partial charge in [0.15, 0.2) is 0 Å². The number of benzene rings is 1. The Morgan fingerprint density at radius 2 is 2.06 bits per heavy atom. The lowest BCUT2D eigenvalue weighted by Gasteiger charge is -2.01. The molecule has 84 valence electrons. The molecule has 0 radical (unpaired) electrons. The predicted molar refractivity (Wildman–Crippen MR) is 59.6 cm³/mol. The fraction of sp³-hybridized carbons (Fsp3) is 0.0909. The molecule has 1 aromatic carbocycles. The molecule has 0 bridgehead atoms. The van der Waals surface area contributed by atoms with E-state index in [0.717, 1.165) is 5.56 Å². The lowest BCUT2D eigenvalue weighted by atomic mass is 10.1. The molecule has 0 aliphatic carbocycles. The summed E-state index contributed by atoms with van der Waals surface area (Å²) in [4.78, 5) is 14.8. The van der Waals surface area contributed by atoms with Gasteiger partial charge in [-0.3, -0.25) is 0 Å². The molecule has 0 saturated heterocycles. The maximum atomic E-state index is 10.3. The number of oxime groups is 1. The van der Waals surface area contributed by atoms with Gasteiger partial charge in [0.2, 0.25) is 5.76 Å². The zero-order valence-corrected chi connectivity index (χ0v) is 8.59. The Labute approximate surface area is 92.8 Å². The average molecular weight is 220 g/mol. The zero-order valence-electron chi connectivity index (χ0n) is 8.59. The largest absolute Gasteiger partial charge is 0.475 e. The van der Waals surface area contributed by atoms with Crippen molar-refractivity contribution in [3.8, 4) is 0 Å². The minimum absolute atomic E-state index is 0.189. The molecule has 3 N–H and O–H groups in total. The highest BCUT2D eigenvalue weighted by Gasteiger charge is 2.05. The topological polar surface area (TPSA) is 84.9 Å².